The molecule has 2 N–H and O–H groups in total. The summed E-state index contributed by atoms with van der Waals surface area (Å²) in [4.78, 5) is 11.4. The zero-order valence-corrected chi connectivity index (χ0v) is 8.96. The Kier molecular flexibility index (Phi) is 2.18. The molecule has 4 heteroatoms. The second-order valence-electron chi connectivity index (χ2n) is 5.18. The molecule has 1 amide bonds. The molecule has 2 aliphatic heterocycles. The van der Waals surface area contributed by atoms with Crippen LogP contribution in [-0.2, 0) is 4.74 Å². The molecule has 1 aliphatic carbocycles. The fraction of sp³-hybridized carbons (Fsp3) is 0.900. The van der Waals surface area contributed by atoms with Crippen molar-refractivity contribution in [2.45, 2.75) is 44.9 Å². The Morgan fingerprint density at radius 2 is 2.21 bits per heavy atom. The van der Waals surface area contributed by atoms with E-state index >= 15 is 0 Å². The van der Waals surface area contributed by atoms with Crippen molar-refractivity contribution in [3.63, 3.8) is 0 Å². The third-order valence-corrected chi connectivity index (χ3v) is 2.82. The van der Waals surface area contributed by atoms with Crippen LogP contribution in [0.4, 0.5) is 4.79 Å². The number of nitrogens with one attached hydrogen (secondary N) is 2. The molecular weight excluding hydrogens is 180 g/mol. The van der Waals surface area contributed by atoms with Gasteiger partial charge in [-0.15, -0.1) is 0 Å². The molecule has 3 atom stereocenters. The number of alkyl carbamates (subject to hydrolysis) is 1. The lowest BCUT2D eigenvalue weighted by Crippen LogP contribution is -2.54. The minimum Gasteiger partial charge on any atom is -0.444 e. The summed E-state index contributed by atoms with van der Waals surface area (Å²) < 4.78 is 5.19. The first kappa shape index (κ1) is 9.77. The van der Waals surface area contributed by atoms with Crippen LogP contribution in [0.25, 0.3) is 0 Å². The van der Waals surface area contributed by atoms with Crippen molar-refractivity contribution in [1.82, 2.24) is 10.6 Å². The van der Waals surface area contributed by atoms with Crippen LogP contribution in [0.5, 0.6) is 0 Å². The fourth-order valence-electron chi connectivity index (χ4n) is 2.14. The van der Waals surface area contributed by atoms with E-state index in [0.717, 1.165) is 6.54 Å². The van der Waals surface area contributed by atoms with Gasteiger partial charge in [0.25, 0.3) is 0 Å². The molecule has 1 saturated carbocycles. The van der Waals surface area contributed by atoms with E-state index in [2.05, 4.69) is 10.6 Å². The molecule has 80 valence electrons. The number of carbonyl (C=O) groups is 1. The predicted molar refractivity (Wildman–Crippen MR) is 53.1 cm³/mol. The maximum atomic E-state index is 11.4. The van der Waals surface area contributed by atoms with Gasteiger partial charge in [0.15, 0.2) is 0 Å². The molecule has 3 rings (SSSR count). The van der Waals surface area contributed by atoms with Gasteiger partial charge in [-0.05, 0) is 33.1 Å². The number of carbonyl (C=O) groups excluding carboxylic acids is 1. The van der Waals surface area contributed by atoms with E-state index in [-0.39, 0.29) is 6.09 Å². The molecule has 2 saturated heterocycles. The summed E-state index contributed by atoms with van der Waals surface area (Å²) >= 11 is 0. The summed E-state index contributed by atoms with van der Waals surface area (Å²) in [5.74, 6) is 0.618. The lowest BCUT2D eigenvalue weighted by atomic mass is 9.80. The zero-order valence-electron chi connectivity index (χ0n) is 8.96. The van der Waals surface area contributed by atoms with Crippen molar-refractivity contribution >= 4 is 6.09 Å². The van der Waals surface area contributed by atoms with Crippen molar-refractivity contribution < 1.29 is 9.53 Å². The van der Waals surface area contributed by atoms with E-state index < -0.39 is 5.60 Å². The average Bonchev–Trinajstić information content (AvgIpc) is 2.55. The molecule has 0 unspecified atom stereocenters. The Morgan fingerprint density at radius 3 is 2.64 bits per heavy atom. The molecule has 2 bridgehead atoms. The van der Waals surface area contributed by atoms with Gasteiger partial charge in [0.2, 0.25) is 0 Å². The molecule has 3 aliphatic rings. The van der Waals surface area contributed by atoms with Gasteiger partial charge in [-0.25, -0.2) is 4.79 Å². The third kappa shape index (κ3) is 1.85. The molecular formula is C10H18N2O2. The molecule has 0 aromatic heterocycles. The molecule has 14 heavy (non-hydrogen) atoms. The Balaban J connectivity index is 1.78. The van der Waals surface area contributed by atoms with Crippen LogP contribution in [0, 0.1) is 5.92 Å². The highest BCUT2D eigenvalue weighted by Gasteiger charge is 2.47. The minimum absolute atomic E-state index is 0.291. The lowest BCUT2D eigenvalue weighted by Gasteiger charge is -2.35. The first-order valence-corrected chi connectivity index (χ1v) is 5.18. The Morgan fingerprint density at radius 1 is 1.50 bits per heavy atom. The zero-order chi connectivity index (χ0) is 10.3. The number of hydrogen-bond acceptors (Lipinski definition) is 3. The summed E-state index contributed by atoms with van der Waals surface area (Å²) in [5, 5.41) is 6.25. The molecule has 4 nitrogen and oxygen atoms in total. The summed E-state index contributed by atoms with van der Waals surface area (Å²) in [7, 11) is 0. The molecule has 3 fully saturated rings. The first-order chi connectivity index (χ1) is 6.46. The number of ether oxygens (including phenoxy) is 1. The molecule has 0 aromatic rings. The predicted octanol–water partition coefficient (Wildman–Crippen LogP) is 0.871. The van der Waals surface area contributed by atoms with Gasteiger partial charge in [0.1, 0.15) is 5.60 Å². The van der Waals surface area contributed by atoms with Gasteiger partial charge < -0.3 is 15.4 Å². The monoisotopic (exact) mass is 198 g/mol. The van der Waals surface area contributed by atoms with Crippen LogP contribution in [0.1, 0.15) is 27.2 Å². The lowest BCUT2D eigenvalue weighted by molar-refractivity contribution is 0.0452. The van der Waals surface area contributed by atoms with Crippen molar-refractivity contribution in [2.24, 2.45) is 5.92 Å². The van der Waals surface area contributed by atoms with Crippen LogP contribution in [0.2, 0.25) is 0 Å². The van der Waals surface area contributed by atoms with Gasteiger partial charge in [-0.3, -0.25) is 0 Å². The van der Waals surface area contributed by atoms with Crippen LogP contribution < -0.4 is 10.6 Å². The normalized spacial score (nSPS) is 34.9. The van der Waals surface area contributed by atoms with E-state index in [9.17, 15) is 4.79 Å². The highest BCUT2D eigenvalue weighted by atomic mass is 16.6. The van der Waals surface area contributed by atoms with Crippen LogP contribution in [-0.4, -0.2) is 30.3 Å². The third-order valence-electron chi connectivity index (χ3n) is 2.82. The minimum atomic E-state index is -0.402. The van der Waals surface area contributed by atoms with Crippen LogP contribution >= 0.6 is 0 Å². The van der Waals surface area contributed by atoms with Crippen molar-refractivity contribution in [3.8, 4) is 0 Å². The number of fused-ring (bicyclic) bond motifs is 1. The fourth-order valence-corrected chi connectivity index (χ4v) is 2.14. The van der Waals surface area contributed by atoms with Gasteiger partial charge in [-0.1, -0.05) is 0 Å². The summed E-state index contributed by atoms with van der Waals surface area (Å²) in [5.41, 5.74) is -0.402. The van der Waals surface area contributed by atoms with E-state index in [4.69, 9.17) is 4.74 Å². The van der Waals surface area contributed by atoms with Crippen molar-refractivity contribution in [2.75, 3.05) is 6.54 Å². The number of amides is 1. The summed E-state index contributed by atoms with van der Waals surface area (Å²) in [6, 6.07) is 0.775. The molecule has 0 radical (unpaired) electrons. The van der Waals surface area contributed by atoms with Crippen LogP contribution in [0.15, 0.2) is 0 Å². The number of hydrogen-bond donors (Lipinski definition) is 2. The summed E-state index contributed by atoms with van der Waals surface area (Å²) in [6.07, 6.45) is 0.904. The topological polar surface area (TPSA) is 50.4 Å². The van der Waals surface area contributed by atoms with E-state index in [0.29, 0.717) is 18.0 Å². The number of rotatable bonds is 1. The second kappa shape index (κ2) is 3.12. The quantitative estimate of drug-likeness (QED) is 0.657. The highest BCUT2D eigenvalue weighted by molar-refractivity contribution is 5.68. The Labute approximate surface area is 84.4 Å². The van der Waals surface area contributed by atoms with Crippen molar-refractivity contribution in [3.05, 3.63) is 0 Å². The van der Waals surface area contributed by atoms with Crippen molar-refractivity contribution in [1.29, 1.82) is 0 Å². The van der Waals surface area contributed by atoms with E-state index in [1.165, 1.54) is 6.42 Å². The summed E-state index contributed by atoms with van der Waals surface area (Å²) in [6.45, 7) is 6.66. The smallest absolute Gasteiger partial charge is 0.407 e. The van der Waals surface area contributed by atoms with Crippen LogP contribution in [0.3, 0.4) is 0 Å². The highest BCUT2D eigenvalue weighted by Crippen LogP contribution is 2.33. The Hall–Kier alpha value is -0.770. The molecule has 0 spiro atoms. The molecule has 2 heterocycles. The average molecular weight is 198 g/mol. The Bertz CT molecular complexity index is 233. The van der Waals surface area contributed by atoms with E-state index in [1.807, 2.05) is 20.8 Å². The largest absolute Gasteiger partial charge is 0.444 e. The van der Waals surface area contributed by atoms with E-state index in [1.54, 1.807) is 0 Å². The second-order valence-corrected chi connectivity index (χ2v) is 5.18. The maximum Gasteiger partial charge on any atom is 0.407 e. The van der Waals surface area contributed by atoms with Gasteiger partial charge in [-0.2, -0.15) is 0 Å². The van der Waals surface area contributed by atoms with Gasteiger partial charge >= 0.3 is 6.09 Å². The van der Waals surface area contributed by atoms with Gasteiger partial charge in [0, 0.05) is 12.6 Å². The first-order valence-electron chi connectivity index (χ1n) is 5.18. The standard InChI is InChI=1S/C10H18N2O2/c1-10(2,3)14-9(13)12-8-6-4-7(8)11-5-6/h6-8,11H,4-5H2,1-3H3,(H,12,13)/t6-,7-,8-/m1/s1. The SMILES string of the molecule is CC(C)(C)OC(=O)N[C@@H]1[C@H]2CN[C@@H]1C2. The van der Waals surface area contributed by atoms with Gasteiger partial charge in [0.05, 0.1) is 6.04 Å². The molecule has 0 aromatic carbocycles. The maximum absolute atomic E-state index is 11.4.